The number of benzene rings is 2. The molecule has 6 heteroatoms. The van der Waals surface area contributed by atoms with E-state index in [0.29, 0.717) is 13.1 Å². The molecular formula is C23H30N4O2. The van der Waals surface area contributed by atoms with Gasteiger partial charge in [0.15, 0.2) is 0 Å². The molecule has 0 spiro atoms. The van der Waals surface area contributed by atoms with Crippen molar-refractivity contribution in [2.24, 2.45) is 11.7 Å². The molecule has 0 radical (unpaired) electrons. The van der Waals surface area contributed by atoms with Crippen LogP contribution >= 0.6 is 0 Å². The van der Waals surface area contributed by atoms with Crippen molar-refractivity contribution in [1.29, 1.82) is 0 Å². The summed E-state index contributed by atoms with van der Waals surface area (Å²) in [5, 5.41) is 2.76. The summed E-state index contributed by atoms with van der Waals surface area (Å²) in [6.07, 6.45) is 0. The largest absolute Gasteiger partial charge is 0.347 e. The van der Waals surface area contributed by atoms with Crippen molar-refractivity contribution < 1.29 is 9.59 Å². The van der Waals surface area contributed by atoms with Gasteiger partial charge in [0.2, 0.25) is 11.8 Å². The number of rotatable bonds is 7. The summed E-state index contributed by atoms with van der Waals surface area (Å²) in [7, 11) is 0. The van der Waals surface area contributed by atoms with Gasteiger partial charge in [-0.1, -0.05) is 67.6 Å². The number of nitrogens with zero attached hydrogens (tertiary/aromatic N) is 2. The van der Waals surface area contributed by atoms with E-state index in [1.54, 1.807) is 6.92 Å². The Hall–Kier alpha value is -2.70. The Morgan fingerprint density at radius 1 is 0.966 bits per heavy atom. The fourth-order valence-corrected chi connectivity index (χ4v) is 3.56. The van der Waals surface area contributed by atoms with Gasteiger partial charge >= 0.3 is 0 Å². The summed E-state index contributed by atoms with van der Waals surface area (Å²) in [6, 6.07) is 19.5. The molecule has 0 aromatic heterocycles. The number of hydrogen-bond acceptors (Lipinski definition) is 4. The minimum atomic E-state index is -0.409. The van der Waals surface area contributed by atoms with Gasteiger partial charge in [0, 0.05) is 38.8 Å². The van der Waals surface area contributed by atoms with Gasteiger partial charge in [0.1, 0.15) is 0 Å². The van der Waals surface area contributed by atoms with Crippen molar-refractivity contribution in [3.63, 3.8) is 0 Å². The highest BCUT2D eigenvalue weighted by atomic mass is 16.2. The topological polar surface area (TPSA) is 78.7 Å². The van der Waals surface area contributed by atoms with E-state index in [-0.39, 0.29) is 18.4 Å². The molecule has 2 aromatic rings. The van der Waals surface area contributed by atoms with Crippen molar-refractivity contribution in [3.8, 4) is 0 Å². The maximum absolute atomic E-state index is 12.5. The molecule has 2 atom stereocenters. The molecule has 3 N–H and O–H groups in total. The van der Waals surface area contributed by atoms with Gasteiger partial charge in [-0.05, 0) is 11.1 Å². The lowest BCUT2D eigenvalue weighted by molar-refractivity contribution is -0.135. The zero-order valence-electron chi connectivity index (χ0n) is 17.0. The second-order valence-corrected chi connectivity index (χ2v) is 7.59. The third-order valence-corrected chi connectivity index (χ3v) is 5.52. The zero-order chi connectivity index (χ0) is 20.6. The molecule has 0 bridgehead atoms. The Morgan fingerprint density at radius 3 is 2.17 bits per heavy atom. The number of nitrogens with one attached hydrogen (secondary N) is 1. The van der Waals surface area contributed by atoms with Gasteiger partial charge in [-0.25, -0.2) is 0 Å². The Kier molecular flexibility index (Phi) is 7.38. The number of nitrogens with two attached hydrogens (primary N) is 1. The molecule has 6 nitrogen and oxygen atoms in total. The van der Waals surface area contributed by atoms with Crippen molar-refractivity contribution >= 4 is 11.8 Å². The van der Waals surface area contributed by atoms with Crippen LogP contribution in [0.5, 0.6) is 0 Å². The van der Waals surface area contributed by atoms with Crippen molar-refractivity contribution in [1.82, 2.24) is 15.1 Å². The predicted octanol–water partition coefficient (Wildman–Crippen LogP) is 1.78. The highest BCUT2D eigenvalue weighted by Crippen LogP contribution is 2.19. The van der Waals surface area contributed by atoms with Crippen LogP contribution in [0.1, 0.15) is 24.1 Å². The average Bonchev–Trinajstić information content (AvgIpc) is 2.78. The van der Waals surface area contributed by atoms with E-state index < -0.39 is 12.0 Å². The van der Waals surface area contributed by atoms with E-state index in [1.807, 2.05) is 53.4 Å². The molecule has 1 heterocycles. The van der Waals surface area contributed by atoms with Crippen molar-refractivity contribution in [2.75, 3.05) is 32.7 Å². The lowest BCUT2D eigenvalue weighted by Gasteiger charge is -2.35. The minimum absolute atomic E-state index is 0.0172. The fraction of sp³-hybridized carbons (Fsp3) is 0.391. The summed E-state index contributed by atoms with van der Waals surface area (Å²) in [5.74, 6) is -0.650. The number of amides is 2. The first-order chi connectivity index (χ1) is 14.0. The molecule has 1 fully saturated rings. The smallest absolute Gasteiger partial charge is 0.242 e. The molecule has 2 aromatic carbocycles. The molecule has 154 valence electrons. The zero-order valence-corrected chi connectivity index (χ0v) is 17.0. The maximum Gasteiger partial charge on any atom is 0.242 e. The van der Waals surface area contributed by atoms with Crippen LogP contribution in [-0.4, -0.2) is 54.3 Å². The molecule has 1 aliphatic rings. The van der Waals surface area contributed by atoms with E-state index in [0.717, 1.165) is 25.2 Å². The number of carbonyl (C=O) groups is 2. The van der Waals surface area contributed by atoms with Crippen LogP contribution in [0.3, 0.4) is 0 Å². The SMILES string of the molecule is CC(C(=O)NCC(=O)N1CCN(Cc2ccccc2)CC1)C(N)c1ccccc1. The molecule has 0 saturated carbocycles. The van der Waals surface area contributed by atoms with Crippen LogP contribution < -0.4 is 11.1 Å². The van der Waals surface area contributed by atoms with Crippen LogP contribution in [0.4, 0.5) is 0 Å². The second kappa shape index (κ2) is 10.2. The monoisotopic (exact) mass is 394 g/mol. The van der Waals surface area contributed by atoms with Crippen LogP contribution in [-0.2, 0) is 16.1 Å². The van der Waals surface area contributed by atoms with Crippen molar-refractivity contribution in [2.45, 2.75) is 19.5 Å². The lowest BCUT2D eigenvalue weighted by Crippen LogP contribution is -2.51. The first-order valence-electron chi connectivity index (χ1n) is 10.2. The van der Waals surface area contributed by atoms with Gasteiger partial charge in [0.25, 0.3) is 0 Å². The standard InChI is InChI=1S/C23H30N4O2/c1-18(22(24)20-10-6-3-7-11-20)23(29)25-16-21(28)27-14-12-26(13-15-27)17-19-8-4-2-5-9-19/h2-11,18,22H,12-17,24H2,1H3,(H,25,29). The summed E-state index contributed by atoms with van der Waals surface area (Å²) >= 11 is 0. The molecule has 3 rings (SSSR count). The van der Waals surface area contributed by atoms with Gasteiger partial charge in [-0.2, -0.15) is 0 Å². The summed E-state index contributed by atoms with van der Waals surface area (Å²) in [4.78, 5) is 29.1. The van der Waals surface area contributed by atoms with Gasteiger partial charge in [0.05, 0.1) is 12.5 Å². The second-order valence-electron chi connectivity index (χ2n) is 7.59. The van der Waals surface area contributed by atoms with E-state index in [1.165, 1.54) is 5.56 Å². The normalized spacial score (nSPS) is 16.8. The Balaban J connectivity index is 1.41. The maximum atomic E-state index is 12.5. The van der Waals surface area contributed by atoms with Crippen molar-refractivity contribution in [3.05, 3.63) is 71.8 Å². The Labute approximate surface area is 172 Å². The lowest BCUT2D eigenvalue weighted by atomic mass is 9.95. The number of carbonyl (C=O) groups excluding carboxylic acids is 2. The molecule has 2 unspecified atom stereocenters. The quantitative estimate of drug-likeness (QED) is 0.750. The van der Waals surface area contributed by atoms with E-state index in [4.69, 9.17) is 5.73 Å². The number of piperazine rings is 1. The third kappa shape index (κ3) is 5.89. The Morgan fingerprint density at radius 2 is 1.55 bits per heavy atom. The van der Waals surface area contributed by atoms with E-state index in [9.17, 15) is 9.59 Å². The molecule has 29 heavy (non-hydrogen) atoms. The molecule has 1 saturated heterocycles. The van der Waals surface area contributed by atoms with Crippen LogP contribution in [0.2, 0.25) is 0 Å². The minimum Gasteiger partial charge on any atom is -0.347 e. The first-order valence-corrected chi connectivity index (χ1v) is 10.2. The molecule has 1 aliphatic heterocycles. The van der Waals surface area contributed by atoms with Gasteiger partial charge in [-0.3, -0.25) is 14.5 Å². The highest BCUT2D eigenvalue weighted by Gasteiger charge is 2.25. The van der Waals surface area contributed by atoms with Crippen LogP contribution in [0.15, 0.2) is 60.7 Å². The van der Waals surface area contributed by atoms with E-state index >= 15 is 0 Å². The summed E-state index contributed by atoms with van der Waals surface area (Å²) < 4.78 is 0. The number of hydrogen-bond donors (Lipinski definition) is 2. The van der Waals surface area contributed by atoms with Gasteiger partial charge in [-0.15, -0.1) is 0 Å². The van der Waals surface area contributed by atoms with Gasteiger partial charge < -0.3 is 16.0 Å². The first kappa shape index (κ1) is 21.0. The fourth-order valence-electron chi connectivity index (χ4n) is 3.56. The van der Waals surface area contributed by atoms with E-state index in [2.05, 4.69) is 22.3 Å². The van der Waals surface area contributed by atoms with Crippen LogP contribution in [0.25, 0.3) is 0 Å². The summed E-state index contributed by atoms with van der Waals surface area (Å²) in [6.45, 7) is 5.74. The molecule has 0 aliphatic carbocycles. The third-order valence-electron chi connectivity index (χ3n) is 5.52. The average molecular weight is 395 g/mol. The predicted molar refractivity (Wildman–Crippen MR) is 114 cm³/mol. The Bertz CT molecular complexity index is 789. The molecular weight excluding hydrogens is 364 g/mol. The summed E-state index contributed by atoms with van der Waals surface area (Å²) in [5.41, 5.74) is 8.40. The van der Waals surface area contributed by atoms with Crippen LogP contribution in [0, 0.1) is 5.92 Å². The molecule has 2 amide bonds. The highest BCUT2D eigenvalue weighted by molar-refractivity contribution is 5.86.